The van der Waals surface area contributed by atoms with E-state index in [2.05, 4.69) is 4.98 Å². The molecule has 1 aromatic rings. The largest absolute Gasteiger partial charge is 0.480 e. The van der Waals surface area contributed by atoms with Gasteiger partial charge in [-0.25, -0.2) is 9.59 Å². The fraction of sp³-hybridized carbons (Fsp3) is 0.533. The summed E-state index contributed by atoms with van der Waals surface area (Å²) in [6.45, 7) is 5.27. The maximum atomic E-state index is 12.2. The predicted molar refractivity (Wildman–Crippen MR) is 87.5 cm³/mol. The second-order valence-corrected chi connectivity index (χ2v) is 6.58. The molecular formula is C15H20N4O6. The van der Waals surface area contributed by atoms with Crippen LogP contribution < -0.4 is 4.90 Å². The standard InChI is InChI=1S/C15H20N4O6/c1-15(2,3)25-14(22)18-8-7-17(9-11(18)13(20)21)10-5-4-6-16-12(10)19(23)24/h4-6,11H,7-9H2,1-3H3,(H,20,21)/t11-/m0/s1. The Morgan fingerprint density at radius 2 is 2.08 bits per heavy atom. The zero-order valence-electron chi connectivity index (χ0n) is 14.2. The molecule has 2 heterocycles. The van der Waals surface area contributed by atoms with Gasteiger partial charge in [0.2, 0.25) is 0 Å². The maximum Gasteiger partial charge on any atom is 0.411 e. The van der Waals surface area contributed by atoms with Gasteiger partial charge >= 0.3 is 17.9 Å². The van der Waals surface area contributed by atoms with Gasteiger partial charge in [0.25, 0.3) is 0 Å². The van der Waals surface area contributed by atoms with Crippen molar-refractivity contribution in [2.45, 2.75) is 32.4 Å². The van der Waals surface area contributed by atoms with Crippen LogP contribution in [0.3, 0.4) is 0 Å². The number of carbonyl (C=O) groups is 2. The topological polar surface area (TPSA) is 126 Å². The molecule has 1 aromatic heterocycles. The maximum absolute atomic E-state index is 12.2. The third-order valence-corrected chi connectivity index (χ3v) is 3.57. The van der Waals surface area contributed by atoms with Crippen molar-refractivity contribution in [1.29, 1.82) is 0 Å². The van der Waals surface area contributed by atoms with E-state index in [1.54, 1.807) is 31.7 Å². The summed E-state index contributed by atoms with van der Waals surface area (Å²) in [6, 6.07) is 1.87. The minimum absolute atomic E-state index is 0.0674. The van der Waals surface area contributed by atoms with Crippen LogP contribution in [0, 0.1) is 10.1 Å². The van der Waals surface area contributed by atoms with Gasteiger partial charge < -0.3 is 24.9 Å². The summed E-state index contributed by atoms with van der Waals surface area (Å²) in [7, 11) is 0. The zero-order chi connectivity index (χ0) is 18.8. The van der Waals surface area contributed by atoms with Gasteiger partial charge in [0, 0.05) is 19.6 Å². The lowest BCUT2D eigenvalue weighted by Gasteiger charge is -2.40. The number of hydrogen-bond acceptors (Lipinski definition) is 7. The lowest BCUT2D eigenvalue weighted by atomic mass is 10.1. The number of nitro groups is 1. The van der Waals surface area contributed by atoms with Crippen LogP contribution in [-0.2, 0) is 9.53 Å². The summed E-state index contributed by atoms with van der Waals surface area (Å²) in [5.74, 6) is -1.56. The van der Waals surface area contributed by atoms with Crippen LogP contribution in [0.1, 0.15) is 20.8 Å². The summed E-state index contributed by atoms with van der Waals surface area (Å²) in [4.78, 5) is 40.8. The Kier molecular flexibility index (Phi) is 5.10. The monoisotopic (exact) mass is 352 g/mol. The number of carboxylic acid groups (broad SMARTS) is 1. The zero-order valence-corrected chi connectivity index (χ0v) is 14.2. The molecule has 0 aliphatic carbocycles. The number of amides is 1. The Morgan fingerprint density at radius 1 is 1.40 bits per heavy atom. The van der Waals surface area contributed by atoms with Crippen molar-refractivity contribution in [3.05, 3.63) is 28.4 Å². The van der Waals surface area contributed by atoms with Crippen LogP contribution in [0.15, 0.2) is 18.3 Å². The average molecular weight is 352 g/mol. The second-order valence-electron chi connectivity index (χ2n) is 6.58. The first kappa shape index (κ1) is 18.4. The molecule has 0 unspecified atom stereocenters. The van der Waals surface area contributed by atoms with Crippen LogP contribution in [0.5, 0.6) is 0 Å². The molecule has 0 aromatic carbocycles. The number of hydrogen-bond donors (Lipinski definition) is 1. The lowest BCUT2D eigenvalue weighted by molar-refractivity contribution is -0.388. The fourth-order valence-corrected chi connectivity index (χ4v) is 2.53. The average Bonchev–Trinajstić information content (AvgIpc) is 2.52. The molecule has 1 N–H and O–H groups in total. The van der Waals surface area contributed by atoms with Crippen molar-refractivity contribution in [3.63, 3.8) is 0 Å². The molecule has 10 heteroatoms. The lowest BCUT2D eigenvalue weighted by Crippen LogP contribution is -2.59. The molecule has 25 heavy (non-hydrogen) atoms. The number of pyridine rings is 1. The number of aliphatic carboxylic acids is 1. The van der Waals surface area contributed by atoms with Gasteiger partial charge in [-0.05, 0) is 42.8 Å². The number of anilines is 1. The highest BCUT2D eigenvalue weighted by Crippen LogP contribution is 2.28. The van der Waals surface area contributed by atoms with Crippen molar-refractivity contribution in [2.75, 3.05) is 24.5 Å². The number of aromatic nitrogens is 1. The van der Waals surface area contributed by atoms with Crippen molar-refractivity contribution in [3.8, 4) is 0 Å². The Hall–Kier alpha value is -2.91. The molecule has 1 fully saturated rings. The molecule has 2 rings (SSSR count). The highest BCUT2D eigenvalue weighted by atomic mass is 16.6. The van der Waals surface area contributed by atoms with Crippen LogP contribution >= 0.6 is 0 Å². The summed E-state index contributed by atoms with van der Waals surface area (Å²) in [6.07, 6.45) is 0.577. The molecule has 10 nitrogen and oxygen atoms in total. The summed E-state index contributed by atoms with van der Waals surface area (Å²) < 4.78 is 5.25. The van der Waals surface area contributed by atoms with E-state index in [9.17, 15) is 24.8 Å². The molecule has 1 amide bonds. The van der Waals surface area contributed by atoms with E-state index in [1.807, 2.05) is 0 Å². The SMILES string of the molecule is CC(C)(C)OC(=O)N1CCN(c2cccnc2[N+](=O)[O-])C[C@H]1C(=O)O. The highest BCUT2D eigenvalue weighted by Gasteiger charge is 2.39. The van der Waals surface area contributed by atoms with Gasteiger partial charge in [0.1, 0.15) is 23.5 Å². The third-order valence-electron chi connectivity index (χ3n) is 3.57. The number of ether oxygens (including phenoxy) is 1. The molecule has 1 aliphatic heterocycles. The van der Waals surface area contributed by atoms with Gasteiger partial charge in [-0.3, -0.25) is 4.90 Å². The molecule has 0 bridgehead atoms. The van der Waals surface area contributed by atoms with Gasteiger partial charge in [0.05, 0.1) is 0 Å². The predicted octanol–water partition coefficient (Wildman–Crippen LogP) is 1.50. The van der Waals surface area contributed by atoms with Crippen LogP contribution in [-0.4, -0.2) is 63.3 Å². The number of carboxylic acids is 1. The highest BCUT2D eigenvalue weighted by molar-refractivity contribution is 5.82. The van der Waals surface area contributed by atoms with E-state index >= 15 is 0 Å². The summed E-state index contributed by atoms with van der Waals surface area (Å²) >= 11 is 0. The van der Waals surface area contributed by atoms with Gasteiger partial charge in [0.15, 0.2) is 0 Å². The smallest absolute Gasteiger partial charge is 0.411 e. The van der Waals surface area contributed by atoms with E-state index in [1.165, 1.54) is 12.3 Å². The Balaban J connectivity index is 2.24. The molecule has 136 valence electrons. The van der Waals surface area contributed by atoms with E-state index in [0.717, 1.165) is 4.90 Å². The molecule has 1 saturated heterocycles. The number of rotatable bonds is 3. The molecule has 0 spiro atoms. The number of nitrogens with zero attached hydrogens (tertiary/aromatic N) is 4. The van der Waals surface area contributed by atoms with Crippen LogP contribution in [0.4, 0.5) is 16.3 Å². The quantitative estimate of drug-likeness (QED) is 0.640. The molecular weight excluding hydrogens is 332 g/mol. The fourth-order valence-electron chi connectivity index (χ4n) is 2.53. The molecule has 1 atom stereocenters. The first-order valence-electron chi connectivity index (χ1n) is 7.67. The number of piperazine rings is 1. The molecule has 0 radical (unpaired) electrons. The number of carbonyl (C=O) groups excluding carboxylic acids is 1. The van der Waals surface area contributed by atoms with Gasteiger partial charge in [-0.15, -0.1) is 0 Å². The summed E-state index contributed by atoms with van der Waals surface area (Å²) in [5, 5.41) is 20.6. The van der Waals surface area contributed by atoms with Gasteiger partial charge in [-0.2, -0.15) is 0 Å². The Labute approximate surface area is 144 Å². The van der Waals surface area contributed by atoms with Crippen molar-refractivity contribution < 1.29 is 24.4 Å². The van der Waals surface area contributed by atoms with Crippen molar-refractivity contribution in [1.82, 2.24) is 9.88 Å². The first-order valence-corrected chi connectivity index (χ1v) is 7.67. The van der Waals surface area contributed by atoms with Crippen molar-refractivity contribution in [2.24, 2.45) is 0 Å². The van der Waals surface area contributed by atoms with Crippen LogP contribution in [0.2, 0.25) is 0 Å². The minimum atomic E-state index is -1.21. The van der Waals surface area contributed by atoms with E-state index in [0.29, 0.717) is 0 Å². The third kappa shape index (κ3) is 4.34. The van der Waals surface area contributed by atoms with E-state index in [4.69, 9.17) is 4.74 Å². The first-order chi connectivity index (χ1) is 11.6. The Bertz CT molecular complexity index is 687. The molecule has 1 aliphatic rings. The molecule has 0 saturated carbocycles. The van der Waals surface area contributed by atoms with E-state index < -0.39 is 28.6 Å². The normalized spacial score (nSPS) is 18.0. The summed E-state index contributed by atoms with van der Waals surface area (Å²) in [5.41, 5.74) is -0.526. The second kappa shape index (κ2) is 6.91. The van der Waals surface area contributed by atoms with Crippen LogP contribution in [0.25, 0.3) is 0 Å². The van der Waals surface area contributed by atoms with Crippen molar-refractivity contribution >= 4 is 23.6 Å². The Morgan fingerprint density at radius 3 is 2.64 bits per heavy atom. The van der Waals surface area contributed by atoms with Gasteiger partial charge in [-0.1, -0.05) is 0 Å². The van der Waals surface area contributed by atoms with E-state index in [-0.39, 0.29) is 31.1 Å². The minimum Gasteiger partial charge on any atom is -0.480 e.